The first kappa shape index (κ1) is 14.9. The Morgan fingerprint density at radius 1 is 1.17 bits per heavy atom. The van der Waals surface area contributed by atoms with Crippen molar-refractivity contribution in [3.63, 3.8) is 0 Å². The van der Waals surface area contributed by atoms with E-state index in [-0.39, 0.29) is 17.3 Å². The number of rotatable bonds is 4. The van der Waals surface area contributed by atoms with Gasteiger partial charge in [0.25, 0.3) is 11.6 Å². The molecule has 8 heteroatoms. The molecule has 8 nitrogen and oxygen atoms in total. The highest BCUT2D eigenvalue weighted by molar-refractivity contribution is 6.03. The molecule has 1 fully saturated rings. The predicted molar refractivity (Wildman–Crippen MR) is 84.5 cm³/mol. The summed E-state index contributed by atoms with van der Waals surface area (Å²) in [6.07, 6.45) is 3.61. The van der Waals surface area contributed by atoms with Crippen LogP contribution in [0.1, 0.15) is 23.3 Å². The van der Waals surface area contributed by atoms with Gasteiger partial charge in [0.2, 0.25) is 0 Å². The second-order valence-corrected chi connectivity index (χ2v) is 5.21. The first-order valence-corrected chi connectivity index (χ1v) is 7.26. The average Bonchev–Trinajstić information content (AvgIpc) is 3.10. The lowest BCUT2D eigenvalue weighted by Crippen LogP contribution is -2.21. The topological polar surface area (TPSA) is 101 Å². The Bertz CT molecular complexity index is 726. The number of amides is 1. The van der Waals surface area contributed by atoms with Crippen molar-refractivity contribution < 1.29 is 9.72 Å². The Labute approximate surface area is 132 Å². The fourth-order valence-corrected chi connectivity index (χ4v) is 2.45. The Hall–Kier alpha value is -3.03. The molecule has 1 aliphatic rings. The third kappa shape index (κ3) is 3.42. The van der Waals surface area contributed by atoms with Gasteiger partial charge in [-0.1, -0.05) is 0 Å². The van der Waals surface area contributed by atoms with Crippen LogP contribution >= 0.6 is 0 Å². The Morgan fingerprint density at radius 3 is 2.52 bits per heavy atom. The molecule has 2 heterocycles. The summed E-state index contributed by atoms with van der Waals surface area (Å²) >= 11 is 0. The van der Waals surface area contributed by atoms with E-state index in [1.807, 2.05) is 0 Å². The van der Waals surface area contributed by atoms with Crippen molar-refractivity contribution in [2.45, 2.75) is 12.8 Å². The van der Waals surface area contributed by atoms with E-state index in [9.17, 15) is 14.9 Å². The van der Waals surface area contributed by atoms with Gasteiger partial charge in [0.05, 0.1) is 4.92 Å². The third-order valence-corrected chi connectivity index (χ3v) is 3.65. The molecule has 1 aliphatic heterocycles. The molecular weight excluding hydrogens is 298 g/mol. The number of nitro groups is 1. The number of carbonyl (C=O) groups excluding carboxylic acids is 1. The number of nitrogens with one attached hydrogen (secondary N) is 1. The maximum absolute atomic E-state index is 12.2. The van der Waals surface area contributed by atoms with Crippen molar-refractivity contribution in [2.75, 3.05) is 23.3 Å². The highest BCUT2D eigenvalue weighted by Gasteiger charge is 2.16. The normalized spacial score (nSPS) is 13.8. The van der Waals surface area contributed by atoms with Crippen molar-refractivity contribution in [3.8, 4) is 0 Å². The van der Waals surface area contributed by atoms with E-state index in [1.165, 1.54) is 30.6 Å². The summed E-state index contributed by atoms with van der Waals surface area (Å²) < 4.78 is 0. The summed E-state index contributed by atoms with van der Waals surface area (Å²) in [6.45, 7) is 1.86. The molecule has 1 N–H and O–H groups in total. The third-order valence-electron chi connectivity index (χ3n) is 3.65. The number of aromatic nitrogens is 2. The lowest BCUT2D eigenvalue weighted by Gasteiger charge is -2.16. The molecule has 0 aliphatic carbocycles. The molecule has 3 rings (SSSR count). The smallest absolute Gasteiger partial charge is 0.274 e. The van der Waals surface area contributed by atoms with Crippen LogP contribution in [0.4, 0.5) is 17.2 Å². The predicted octanol–water partition coefficient (Wildman–Crippen LogP) is 2.24. The molecule has 0 spiro atoms. The summed E-state index contributed by atoms with van der Waals surface area (Å²) in [6, 6.07) is 7.31. The minimum Gasteiger partial charge on any atom is -0.357 e. The first-order valence-electron chi connectivity index (χ1n) is 7.26. The average molecular weight is 313 g/mol. The SMILES string of the molecule is O=C(Nc1ccc([N+](=O)[O-])cc1)c1cc(N2CCCC2)ncn1. The maximum atomic E-state index is 12.2. The fourth-order valence-electron chi connectivity index (χ4n) is 2.45. The van der Waals surface area contributed by atoms with Gasteiger partial charge in [0.1, 0.15) is 17.8 Å². The number of nitro benzene ring substituents is 1. The van der Waals surface area contributed by atoms with Gasteiger partial charge in [-0.3, -0.25) is 14.9 Å². The zero-order chi connectivity index (χ0) is 16.2. The van der Waals surface area contributed by atoms with Crippen LogP contribution in [-0.4, -0.2) is 33.9 Å². The molecule has 0 radical (unpaired) electrons. The van der Waals surface area contributed by atoms with Crippen LogP contribution in [-0.2, 0) is 0 Å². The number of non-ortho nitro benzene ring substituents is 1. The second-order valence-electron chi connectivity index (χ2n) is 5.21. The van der Waals surface area contributed by atoms with Gasteiger partial charge in [0.15, 0.2) is 0 Å². The fraction of sp³-hybridized carbons (Fsp3) is 0.267. The van der Waals surface area contributed by atoms with E-state index in [1.54, 1.807) is 6.07 Å². The minimum absolute atomic E-state index is 0.0265. The van der Waals surface area contributed by atoms with Crippen molar-refractivity contribution in [2.24, 2.45) is 0 Å². The van der Waals surface area contributed by atoms with E-state index >= 15 is 0 Å². The Balaban J connectivity index is 1.72. The molecule has 23 heavy (non-hydrogen) atoms. The van der Waals surface area contributed by atoms with Crippen molar-refractivity contribution in [3.05, 3.63) is 52.5 Å². The Morgan fingerprint density at radius 2 is 1.87 bits per heavy atom. The molecule has 1 aromatic carbocycles. The quantitative estimate of drug-likeness (QED) is 0.686. The number of anilines is 2. The zero-order valence-corrected chi connectivity index (χ0v) is 12.3. The first-order chi connectivity index (χ1) is 11.1. The number of hydrogen-bond donors (Lipinski definition) is 1. The largest absolute Gasteiger partial charge is 0.357 e. The van der Waals surface area contributed by atoms with Crippen LogP contribution in [0, 0.1) is 10.1 Å². The van der Waals surface area contributed by atoms with Crippen LogP contribution in [0.3, 0.4) is 0 Å². The molecule has 1 aromatic heterocycles. The summed E-state index contributed by atoms with van der Waals surface area (Å²) in [5.74, 6) is 0.369. The molecule has 0 saturated carbocycles. The molecule has 0 bridgehead atoms. The summed E-state index contributed by atoms with van der Waals surface area (Å²) in [5.41, 5.74) is 0.712. The Kier molecular flexibility index (Phi) is 4.13. The van der Waals surface area contributed by atoms with Crippen LogP contribution in [0.15, 0.2) is 36.7 Å². The molecule has 2 aromatic rings. The van der Waals surface area contributed by atoms with Gasteiger partial charge < -0.3 is 10.2 Å². The van der Waals surface area contributed by atoms with E-state index < -0.39 is 4.92 Å². The molecule has 0 unspecified atom stereocenters. The van der Waals surface area contributed by atoms with Gasteiger partial charge in [-0.05, 0) is 25.0 Å². The summed E-state index contributed by atoms with van der Waals surface area (Å²) in [5, 5.41) is 13.3. The van der Waals surface area contributed by atoms with Crippen molar-refractivity contribution >= 4 is 23.1 Å². The second kappa shape index (κ2) is 6.39. The molecule has 118 valence electrons. The van der Waals surface area contributed by atoms with Crippen molar-refractivity contribution in [1.29, 1.82) is 0 Å². The number of hydrogen-bond acceptors (Lipinski definition) is 6. The number of carbonyl (C=O) groups is 1. The maximum Gasteiger partial charge on any atom is 0.274 e. The summed E-state index contributed by atoms with van der Waals surface area (Å²) in [7, 11) is 0. The zero-order valence-electron chi connectivity index (χ0n) is 12.3. The van der Waals surface area contributed by atoms with E-state index in [0.29, 0.717) is 5.69 Å². The van der Waals surface area contributed by atoms with E-state index in [4.69, 9.17) is 0 Å². The highest BCUT2D eigenvalue weighted by Crippen LogP contribution is 2.19. The number of benzene rings is 1. The summed E-state index contributed by atoms with van der Waals surface area (Å²) in [4.78, 5) is 32.7. The van der Waals surface area contributed by atoms with Crippen molar-refractivity contribution in [1.82, 2.24) is 9.97 Å². The van der Waals surface area contributed by atoms with E-state index in [2.05, 4.69) is 20.2 Å². The number of nitrogens with zero attached hydrogens (tertiary/aromatic N) is 4. The van der Waals surface area contributed by atoms with Crippen LogP contribution in [0.2, 0.25) is 0 Å². The monoisotopic (exact) mass is 313 g/mol. The molecule has 0 atom stereocenters. The molecule has 1 amide bonds. The lowest BCUT2D eigenvalue weighted by atomic mass is 10.2. The standard InChI is InChI=1S/C15H15N5O3/c21-15(18-11-3-5-12(6-4-11)20(22)23)13-9-14(17-10-16-13)19-7-1-2-8-19/h3-6,9-10H,1-2,7-8H2,(H,18,21). The van der Waals surface area contributed by atoms with E-state index in [0.717, 1.165) is 31.7 Å². The lowest BCUT2D eigenvalue weighted by molar-refractivity contribution is -0.384. The van der Waals surface area contributed by atoms with Gasteiger partial charge in [-0.15, -0.1) is 0 Å². The van der Waals surface area contributed by atoms with Gasteiger partial charge >= 0.3 is 0 Å². The van der Waals surface area contributed by atoms with Crippen LogP contribution in [0.5, 0.6) is 0 Å². The van der Waals surface area contributed by atoms with Gasteiger partial charge in [-0.25, -0.2) is 9.97 Å². The van der Waals surface area contributed by atoms with Gasteiger partial charge in [0, 0.05) is 37.0 Å². The molecule has 1 saturated heterocycles. The van der Waals surface area contributed by atoms with Crippen LogP contribution in [0.25, 0.3) is 0 Å². The highest BCUT2D eigenvalue weighted by atomic mass is 16.6. The molecular formula is C15H15N5O3. The minimum atomic E-state index is -0.488. The van der Waals surface area contributed by atoms with Crippen LogP contribution < -0.4 is 10.2 Å². The van der Waals surface area contributed by atoms with Gasteiger partial charge in [-0.2, -0.15) is 0 Å².